The number of carbonyl (C=O) groups is 2. The van der Waals surface area contributed by atoms with Crippen molar-refractivity contribution < 1.29 is 23.5 Å². The van der Waals surface area contributed by atoms with E-state index < -0.39 is 5.97 Å². The van der Waals surface area contributed by atoms with Crippen LogP contribution in [0.25, 0.3) is 11.1 Å². The van der Waals surface area contributed by atoms with Crippen molar-refractivity contribution >= 4 is 44.1 Å². The number of hydrogen-bond acceptors (Lipinski definition) is 5. The third-order valence-corrected chi connectivity index (χ3v) is 6.62. The lowest BCUT2D eigenvalue weighted by Crippen LogP contribution is -2.15. The van der Waals surface area contributed by atoms with Crippen LogP contribution in [0.4, 0.5) is 9.39 Å². The SMILES string of the molecule is CCOC(=O)c1c(-c2ccc(F)cc2)csc1NC(=O)CCCOc1ccc(C(C)C)cc1Br. The highest BCUT2D eigenvalue weighted by atomic mass is 79.9. The van der Waals surface area contributed by atoms with Crippen LogP contribution in [0.1, 0.15) is 55.5 Å². The van der Waals surface area contributed by atoms with Crippen molar-refractivity contribution in [2.45, 2.75) is 39.5 Å². The standard InChI is InChI=1S/C26H27BrFNO4S/c1-4-32-26(31)24-20(17-7-10-19(28)11-8-17)15-34-25(24)29-23(30)6-5-13-33-22-12-9-18(16(2)3)14-21(22)27/h7-12,14-16H,4-6,13H2,1-3H3,(H,29,30). The summed E-state index contributed by atoms with van der Waals surface area (Å²) >= 11 is 4.77. The van der Waals surface area contributed by atoms with E-state index in [9.17, 15) is 14.0 Å². The molecule has 0 atom stereocenters. The molecule has 1 N–H and O–H groups in total. The first-order valence-electron chi connectivity index (χ1n) is 11.1. The fourth-order valence-corrected chi connectivity index (χ4v) is 4.78. The molecule has 0 saturated carbocycles. The van der Waals surface area contributed by atoms with Crippen LogP contribution in [0.5, 0.6) is 5.75 Å². The van der Waals surface area contributed by atoms with Crippen molar-refractivity contribution in [1.29, 1.82) is 0 Å². The lowest BCUT2D eigenvalue weighted by molar-refractivity contribution is -0.116. The minimum atomic E-state index is -0.531. The molecule has 34 heavy (non-hydrogen) atoms. The molecular formula is C26H27BrFNO4S. The zero-order chi connectivity index (χ0) is 24.7. The summed E-state index contributed by atoms with van der Waals surface area (Å²) in [6.45, 7) is 6.56. The molecule has 1 heterocycles. The van der Waals surface area contributed by atoms with Crippen LogP contribution in [0.15, 0.2) is 52.3 Å². The predicted octanol–water partition coefficient (Wildman–Crippen LogP) is 7.41. The van der Waals surface area contributed by atoms with Gasteiger partial charge in [-0.2, -0.15) is 0 Å². The molecule has 0 bridgehead atoms. The summed E-state index contributed by atoms with van der Waals surface area (Å²) in [5.74, 6) is 0.0357. The average Bonchev–Trinajstić information content (AvgIpc) is 3.21. The van der Waals surface area contributed by atoms with Gasteiger partial charge in [0.1, 0.15) is 22.1 Å². The lowest BCUT2D eigenvalue weighted by Gasteiger charge is -2.12. The van der Waals surface area contributed by atoms with Crippen LogP contribution in [0.3, 0.4) is 0 Å². The Balaban J connectivity index is 1.62. The van der Waals surface area contributed by atoms with E-state index >= 15 is 0 Å². The van der Waals surface area contributed by atoms with Crippen LogP contribution in [0.2, 0.25) is 0 Å². The third kappa shape index (κ3) is 6.67. The van der Waals surface area contributed by atoms with Gasteiger partial charge in [-0.3, -0.25) is 4.79 Å². The number of carbonyl (C=O) groups excluding carboxylic acids is 2. The molecule has 3 rings (SSSR count). The highest BCUT2D eigenvalue weighted by Crippen LogP contribution is 2.36. The van der Waals surface area contributed by atoms with Gasteiger partial charge < -0.3 is 14.8 Å². The Morgan fingerprint density at radius 2 is 1.88 bits per heavy atom. The maximum atomic E-state index is 13.3. The van der Waals surface area contributed by atoms with Gasteiger partial charge in [-0.05, 0) is 70.6 Å². The van der Waals surface area contributed by atoms with Gasteiger partial charge >= 0.3 is 5.97 Å². The van der Waals surface area contributed by atoms with Gasteiger partial charge in [0.05, 0.1) is 17.7 Å². The van der Waals surface area contributed by atoms with Crippen molar-refractivity contribution in [3.63, 3.8) is 0 Å². The Morgan fingerprint density at radius 1 is 1.15 bits per heavy atom. The van der Waals surface area contributed by atoms with Gasteiger partial charge in [0, 0.05) is 17.4 Å². The van der Waals surface area contributed by atoms with Gasteiger partial charge in [0.25, 0.3) is 0 Å². The minimum Gasteiger partial charge on any atom is -0.492 e. The topological polar surface area (TPSA) is 64.6 Å². The van der Waals surface area contributed by atoms with Crippen molar-refractivity contribution in [2.24, 2.45) is 0 Å². The first kappa shape index (κ1) is 25.9. The molecule has 5 nitrogen and oxygen atoms in total. The van der Waals surface area contributed by atoms with E-state index in [2.05, 4.69) is 35.1 Å². The van der Waals surface area contributed by atoms with Crippen LogP contribution in [-0.2, 0) is 9.53 Å². The maximum absolute atomic E-state index is 13.3. The molecule has 0 aliphatic heterocycles. The quantitative estimate of drug-likeness (QED) is 0.212. The van der Waals surface area contributed by atoms with Gasteiger partial charge in [-0.15, -0.1) is 11.3 Å². The molecule has 3 aromatic rings. The van der Waals surface area contributed by atoms with Crippen molar-refractivity contribution in [3.8, 4) is 16.9 Å². The lowest BCUT2D eigenvalue weighted by atomic mass is 10.0. The Labute approximate surface area is 211 Å². The van der Waals surface area contributed by atoms with Gasteiger partial charge in [0.15, 0.2) is 0 Å². The Morgan fingerprint density at radius 3 is 2.53 bits per heavy atom. The molecule has 0 aliphatic rings. The molecule has 0 unspecified atom stereocenters. The molecule has 0 aliphatic carbocycles. The van der Waals surface area contributed by atoms with E-state index in [1.165, 1.54) is 29.0 Å². The summed E-state index contributed by atoms with van der Waals surface area (Å²) in [6, 6.07) is 11.8. The number of halogens is 2. The Bertz CT molecular complexity index is 1140. The fourth-order valence-electron chi connectivity index (χ4n) is 3.29. The zero-order valence-corrected chi connectivity index (χ0v) is 21.7. The highest BCUT2D eigenvalue weighted by molar-refractivity contribution is 9.10. The number of anilines is 1. The second kappa shape index (κ2) is 12.1. The van der Waals surface area contributed by atoms with E-state index in [-0.39, 0.29) is 30.3 Å². The molecule has 1 amide bonds. The summed E-state index contributed by atoms with van der Waals surface area (Å²) in [5.41, 5.74) is 2.75. The number of hydrogen-bond donors (Lipinski definition) is 1. The van der Waals surface area contributed by atoms with Crippen LogP contribution < -0.4 is 10.1 Å². The van der Waals surface area contributed by atoms with E-state index in [0.29, 0.717) is 35.1 Å². The van der Waals surface area contributed by atoms with E-state index in [1.54, 1.807) is 24.4 Å². The molecule has 180 valence electrons. The van der Waals surface area contributed by atoms with Crippen LogP contribution in [0, 0.1) is 5.82 Å². The summed E-state index contributed by atoms with van der Waals surface area (Å²) in [7, 11) is 0. The van der Waals surface area contributed by atoms with Crippen LogP contribution in [-0.4, -0.2) is 25.1 Å². The maximum Gasteiger partial charge on any atom is 0.341 e. The van der Waals surface area contributed by atoms with Crippen molar-refractivity contribution in [3.05, 3.63) is 69.3 Å². The third-order valence-electron chi connectivity index (χ3n) is 5.11. The predicted molar refractivity (Wildman–Crippen MR) is 137 cm³/mol. The monoisotopic (exact) mass is 547 g/mol. The number of benzene rings is 2. The number of amides is 1. The van der Waals surface area contributed by atoms with Crippen molar-refractivity contribution in [1.82, 2.24) is 0 Å². The summed E-state index contributed by atoms with van der Waals surface area (Å²) < 4.78 is 25.2. The van der Waals surface area contributed by atoms with Gasteiger partial charge in [-0.25, -0.2) is 9.18 Å². The molecule has 8 heteroatoms. The number of nitrogens with one attached hydrogen (secondary N) is 1. The Hall–Kier alpha value is -2.71. The largest absolute Gasteiger partial charge is 0.492 e. The normalized spacial score (nSPS) is 10.9. The molecule has 0 fully saturated rings. The molecule has 0 saturated heterocycles. The molecule has 0 radical (unpaired) electrons. The number of rotatable bonds is 10. The van der Waals surface area contributed by atoms with E-state index in [0.717, 1.165) is 10.2 Å². The molecule has 1 aromatic heterocycles. The molecular weight excluding hydrogens is 521 g/mol. The first-order valence-corrected chi connectivity index (χ1v) is 12.7. The summed E-state index contributed by atoms with van der Waals surface area (Å²) in [4.78, 5) is 25.2. The van der Waals surface area contributed by atoms with Crippen molar-refractivity contribution in [2.75, 3.05) is 18.5 Å². The first-order chi connectivity index (χ1) is 16.3. The van der Waals surface area contributed by atoms with Gasteiger partial charge in [-0.1, -0.05) is 32.0 Å². The average molecular weight is 548 g/mol. The summed E-state index contributed by atoms with van der Waals surface area (Å²) in [6.07, 6.45) is 0.739. The fraction of sp³-hybridized carbons (Fsp3) is 0.308. The summed E-state index contributed by atoms with van der Waals surface area (Å²) in [5, 5.41) is 4.99. The second-order valence-corrected chi connectivity index (χ2v) is 9.66. The van der Waals surface area contributed by atoms with Gasteiger partial charge in [0.2, 0.25) is 5.91 Å². The highest BCUT2D eigenvalue weighted by Gasteiger charge is 2.22. The Kier molecular flexibility index (Phi) is 9.24. The number of esters is 1. The van der Waals surface area contributed by atoms with E-state index in [4.69, 9.17) is 9.47 Å². The zero-order valence-electron chi connectivity index (χ0n) is 19.3. The minimum absolute atomic E-state index is 0.204. The van der Waals surface area contributed by atoms with E-state index in [1.807, 2.05) is 18.2 Å². The number of thiophene rings is 1. The second-order valence-electron chi connectivity index (χ2n) is 7.93. The number of ether oxygens (including phenoxy) is 2. The molecule has 0 spiro atoms. The van der Waals surface area contributed by atoms with Crippen LogP contribution >= 0.6 is 27.3 Å². The smallest absolute Gasteiger partial charge is 0.341 e. The molecule has 2 aromatic carbocycles.